The summed E-state index contributed by atoms with van der Waals surface area (Å²) in [6.07, 6.45) is 3.96. The Bertz CT molecular complexity index is 558. The monoisotopic (exact) mass is 197 g/mol. The number of hydrogen-bond donors (Lipinski definition) is 1. The van der Waals surface area contributed by atoms with Crippen LogP contribution in [0.1, 0.15) is 12.0 Å². The number of aryl methyl sites for hydroxylation is 1. The van der Waals surface area contributed by atoms with Crippen molar-refractivity contribution in [3.8, 4) is 5.75 Å². The molecule has 0 aromatic heterocycles. The number of rotatable bonds is 0. The molecule has 0 radical (unpaired) electrons. The maximum absolute atomic E-state index is 9.73. The number of benzene rings is 2. The Kier molecular flexibility index (Phi) is 1.75. The molecule has 1 aliphatic rings. The van der Waals surface area contributed by atoms with Crippen LogP contribution in [-0.4, -0.2) is 11.3 Å². The Morgan fingerprint density at radius 2 is 2.00 bits per heavy atom. The van der Waals surface area contributed by atoms with E-state index < -0.39 is 0 Å². The van der Waals surface area contributed by atoms with Crippen molar-refractivity contribution in [2.24, 2.45) is 4.99 Å². The summed E-state index contributed by atoms with van der Waals surface area (Å²) >= 11 is 0. The summed E-state index contributed by atoms with van der Waals surface area (Å²) in [6.45, 7) is 0. The molecule has 2 heteroatoms. The highest BCUT2D eigenvalue weighted by atomic mass is 16.3. The number of phenols is 1. The van der Waals surface area contributed by atoms with Crippen molar-refractivity contribution < 1.29 is 5.11 Å². The van der Waals surface area contributed by atoms with Crippen molar-refractivity contribution in [1.82, 2.24) is 0 Å². The summed E-state index contributed by atoms with van der Waals surface area (Å²) < 4.78 is 0. The lowest BCUT2D eigenvalue weighted by Crippen LogP contribution is -1.94. The van der Waals surface area contributed by atoms with Crippen molar-refractivity contribution in [2.45, 2.75) is 12.8 Å². The van der Waals surface area contributed by atoms with Gasteiger partial charge in [-0.1, -0.05) is 12.1 Å². The topological polar surface area (TPSA) is 32.6 Å². The number of aliphatic imine (C=N–C) groups is 1. The summed E-state index contributed by atoms with van der Waals surface area (Å²) in [4.78, 5) is 4.37. The number of aromatic hydroxyl groups is 1. The molecule has 0 aliphatic carbocycles. The zero-order chi connectivity index (χ0) is 10.3. The highest BCUT2D eigenvalue weighted by Gasteiger charge is 2.10. The first-order chi connectivity index (χ1) is 7.36. The van der Waals surface area contributed by atoms with Gasteiger partial charge in [-0.2, -0.15) is 0 Å². The number of fused-ring (bicyclic) bond motifs is 3. The average molecular weight is 197 g/mol. The second-order valence-electron chi connectivity index (χ2n) is 3.79. The van der Waals surface area contributed by atoms with E-state index in [1.54, 1.807) is 6.07 Å². The largest absolute Gasteiger partial charge is 0.507 e. The van der Waals surface area contributed by atoms with E-state index in [1.165, 1.54) is 5.56 Å². The van der Waals surface area contributed by atoms with E-state index in [0.717, 1.165) is 29.3 Å². The summed E-state index contributed by atoms with van der Waals surface area (Å²) in [5, 5.41) is 11.8. The van der Waals surface area contributed by atoms with Crippen molar-refractivity contribution in [1.29, 1.82) is 0 Å². The van der Waals surface area contributed by atoms with Crippen LogP contribution in [0.25, 0.3) is 10.8 Å². The predicted molar refractivity (Wildman–Crippen MR) is 62.1 cm³/mol. The van der Waals surface area contributed by atoms with Gasteiger partial charge in [-0.3, -0.25) is 4.99 Å². The first-order valence-electron chi connectivity index (χ1n) is 5.12. The van der Waals surface area contributed by atoms with Crippen LogP contribution in [0.3, 0.4) is 0 Å². The van der Waals surface area contributed by atoms with Crippen LogP contribution < -0.4 is 0 Å². The van der Waals surface area contributed by atoms with E-state index in [0.29, 0.717) is 5.75 Å². The third-order valence-corrected chi connectivity index (χ3v) is 2.88. The molecule has 15 heavy (non-hydrogen) atoms. The molecule has 0 atom stereocenters. The van der Waals surface area contributed by atoms with Gasteiger partial charge in [0.05, 0.1) is 5.69 Å². The fraction of sp³-hybridized carbons (Fsp3) is 0.154. The standard InChI is InChI=1S/C13H11NO/c15-13-5-1-3-9-10-4-2-8-14-12(10)7-6-11(9)13/h1,3,5-8,15H,2,4H2. The zero-order valence-electron chi connectivity index (χ0n) is 8.27. The van der Waals surface area contributed by atoms with Gasteiger partial charge in [-0.05, 0) is 42.0 Å². The molecule has 0 amide bonds. The maximum Gasteiger partial charge on any atom is 0.123 e. The number of hydrogen-bond acceptors (Lipinski definition) is 2. The molecule has 0 spiro atoms. The Morgan fingerprint density at radius 3 is 2.93 bits per heavy atom. The number of nitrogens with zero attached hydrogens (tertiary/aromatic N) is 1. The molecule has 74 valence electrons. The number of phenolic OH excluding ortho intramolecular Hbond substituents is 1. The minimum absolute atomic E-state index is 0.352. The van der Waals surface area contributed by atoms with Gasteiger partial charge in [0.1, 0.15) is 5.75 Å². The molecule has 2 nitrogen and oxygen atoms in total. The van der Waals surface area contributed by atoms with E-state index in [-0.39, 0.29) is 0 Å². The Morgan fingerprint density at radius 1 is 1.07 bits per heavy atom. The van der Waals surface area contributed by atoms with Gasteiger partial charge in [0, 0.05) is 11.6 Å². The molecule has 1 aliphatic heterocycles. The summed E-state index contributed by atoms with van der Waals surface area (Å²) in [6, 6.07) is 9.57. The lowest BCUT2D eigenvalue weighted by Gasteiger charge is -2.13. The Hall–Kier alpha value is -1.83. The van der Waals surface area contributed by atoms with Gasteiger partial charge in [-0.25, -0.2) is 0 Å². The predicted octanol–water partition coefficient (Wildman–Crippen LogP) is 3.19. The molecule has 2 aromatic rings. The first kappa shape index (κ1) is 8.48. The van der Waals surface area contributed by atoms with Crippen molar-refractivity contribution in [3.63, 3.8) is 0 Å². The highest BCUT2D eigenvalue weighted by molar-refractivity contribution is 5.95. The third-order valence-electron chi connectivity index (χ3n) is 2.88. The minimum atomic E-state index is 0.352. The van der Waals surface area contributed by atoms with Gasteiger partial charge in [0.25, 0.3) is 0 Å². The molecule has 1 heterocycles. The molecular weight excluding hydrogens is 186 g/mol. The molecule has 2 aromatic carbocycles. The van der Waals surface area contributed by atoms with E-state index >= 15 is 0 Å². The van der Waals surface area contributed by atoms with Gasteiger partial charge in [0.15, 0.2) is 0 Å². The van der Waals surface area contributed by atoms with Crippen LogP contribution in [-0.2, 0) is 6.42 Å². The molecule has 0 bridgehead atoms. The van der Waals surface area contributed by atoms with Gasteiger partial charge in [-0.15, -0.1) is 0 Å². The quantitative estimate of drug-likeness (QED) is 0.691. The highest BCUT2D eigenvalue weighted by Crippen LogP contribution is 2.34. The maximum atomic E-state index is 9.73. The lowest BCUT2D eigenvalue weighted by atomic mass is 9.97. The molecule has 0 saturated carbocycles. The molecular formula is C13H11NO. The molecule has 1 N–H and O–H groups in total. The van der Waals surface area contributed by atoms with E-state index in [1.807, 2.05) is 24.4 Å². The Labute approximate surface area is 87.9 Å². The lowest BCUT2D eigenvalue weighted by molar-refractivity contribution is 0.481. The molecule has 0 unspecified atom stereocenters. The van der Waals surface area contributed by atoms with Crippen molar-refractivity contribution in [2.75, 3.05) is 0 Å². The van der Waals surface area contributed by atoms with Crippen LogP contribution >= 0.6 is 0 Å². The second kappa shape index (κ2) is 3.09. The van der Waals surface area contributed by atoms with Crippen molar-refractivity contribution in [3.05, 3.63) is 35.9 Å². The van der Waals surface area contributed by atoms with Gasteiger partial charge >= 0.3 is 0 Å². The average Bonchev–Trinajstić information content (AvgIpc) is 2.29. The minimum Gasteiger partial charge on any atom is -0.507 e. The first-order valence-corrected chi connectivity index (χ1v) is 5.12. The zero-order valence-corrected chi connectivity index (χ0v) is 8.27. The van der Waals surface area contributed by atoms with Crippen LogP contribution in [0.15, 0.2) is 35.3 Å². The van der Waals surface area contributed by atoms with Crippen LogP contribution in [0, 0.1) is 0 Å². The molecule has 3 rings (SSSR count). The SMILES string of the molecule is Oc1cccc2c3c(ccc12)N=CCC3. The summed E-state index contributed by atoms with van der Waals surface area (Å²) in [5.74, 6) is 0.352. The fourth-order valence-corrected chi connectivity index (χ4v) is 2.15. The van der Waals surface area contributed by atoms with E-state index in [2.05, 4.69) is 11.1 Å². The van der Waals surface area contributed by atoms with Crippen molar-refractivity contribution >= 4 is 22.7 Å². The van der Waals surface area contributed by atoms with Gasteiger partial charge < -0.3 is 5.11 Å². The normalized spacial score (nSPS) is 14.1. The summed E-state index contributed by atoms with van der Waals surface area (Å²) in [7, 11) is 0. The molecule has 0 saturated heterocycles. The van der Waals surface area contributed by atoms with E-state index in [9.17, 15) is 5.11 Å². The van der Waals surface area contributed by atoms with Gasteiger partial charge in [0.2, 0.25) is 0 Å². The second-order valence-corrected chi connectivity index (χ2v) is 3.79. The fourth-order valence-electron chi connectivity index (χ4n) is 2.15. The Balaban J connectivity index is 2.42. The van der Waals surface area contributed by atoms with Crippen LogP contribution in [0.4, 0.5) is 5.69 Å². The third kappa shape index (κ3) is 1.22. The molecule has 0 fully saturated rings. The summed E-state index contributed by atoms with van der Waals surface area (Å²) in [5.41, 5.74) is 2.30. The van der Waals surface area contributed by atoms with Crippen LogP contribution in [0.2, 0.25) is 0 Å². The van der Waals surface area contributed by atoms with E-state index in [4.69, 9.17) is 0 Å². The smallest absolute Gasteiger partial charge is 0.123 e. The van der Waals surface area contributed by atoms with Crippen LogP contribution in [0.5, 0.6) is 5.75 Å².